The van der Waals surface area contributed by atoms with Gasteiger partial charge in [0.1, 0.15) is 10.6 Å². The van der Waals surface area contributed by atoms with Gasteiger partial charge in [-0.2, -0.15) is 0 Å². The van der Waals surface area contributed by atoms with E-state index in [2.05, 4.69) is 17.1 Å². The van der Waals surface area contributed by atoms with Crippen molar-refractivity contribution in [3.05, 3.63) is 24.3 Å². The molecule has 2 saturated heterocycles. The maximum Gasteiger partial charge on any atom is 0.243 e. The Bertz CT molecular complexity index is 955. The van der Waals surface area contributed by atoms with Gasteiger partial charge in [0.25, 0.3) is 0 Å². The summed E-state index contributed by atoms with van der Waals surface area (Å²) >= 11 is 1.35. The van der Waals surface area contributed by atoms with E-state index >= 15 is 0 Å². The summed E-state index contributed by atoms with van der Waals surface area (Å²) in [5.41, 5.74) is 6.23. The van der Waals surface area contributed by atoms with Crippen LogP contribution in [0.1, 0.15) is 32.6 Å². The van der Waals surface area contributed by atoms with Crippen LogP contribution < -0.4 is 16.0 Å². The van der Waals surface area contributed by atoms with Gasteiger partial charge in [-0.3, -0.25) is 9.59 Å². The number of para-hydroxylation sites is 2. The van der Waals surface area contributed by atoms with E-state index in [9.17, 15) is 9.59 Å². The molecule has 4 rings (SSSR count). The van der Waals surface area contributed by atoms with Gasteiger partial charge in [0.2, 0.25) is 11.8 Å². The van der Waals surface area contributed by atoms with Crippen molar-refractivity contribution in [2.75, 3.05) is 37.0 Å². The number of carbonyl (C=O) groups excluding carboxylic acids is 2. The average Bonchev–Trinajstić information content (AvgIpc) is 2.78. The molecular formula is C22H29N5O3S. The second-order valence-electron chi connectivity index (χ2n) is 8.41. The number of hydrogen-bond donors (Lipinski definition) is 2. The highest BCUT2D eigenvalue weighted by atomic mass is 32.2. The molecule has 1 aromatic carbocycles. The van der Waals surface area contributed by atoms with Crippen molar-refractivity contribution in [1.29, 1.82) is 0 Å². The first kappa shape index (κ1) is 21.8. The number of fused-ring (bicyclic) bond motifs is 1. The van der Waals surface area contributed by atoms with Crippen LogP contribution in [0.2, 0.25) is 0 Å². The van der Waals surface area contributed by atoms with Crippen molar-refractivity contribution in [2.24, 2.45) is 11.7 Å². The molecule has 2 aromatic rings. The van der Waals surface area contributed by atoms with E-state index in [-0.39, 0.29) is 11.7 Å². The molecule has 3 N–H and O–H groups in total. The second kappa shape index (κ2) is 9.40. The fourth-order valence-corrected chi connectivity index (χ4v) is 4.89. The van der Waals surface area contributed by atoms with Gasteiger partial charge in [0, 0.05) is 39.1 Å². The third-order valence-corrected chi connectivity index (χ3v) is 7.10. The highest BCUT2D eigenvalue weighted by Gasteiger charge is 2.39. The quantitative estimate of drug-likeness (QED) is 0.658. The molecule has 31 heavy (non-hydrogen) atoms. The third-order valence-electron chi connectivity index (χ3n) is 6.14. The Balaban J connectivity index is 1.52. The molecule has 8 nitrogen and oxygen atoms in total. The number of anilines is 1. The van der Waals surface area contributed by atoms with Gasteiger partial charge in [-0.1, -0.05) is 30.8 Å². The van der Waals surface area contributed by atoms with Crippen LogP contribution in [0.4, 0.5) is 5.82 Å². The molecular weight excluding hydrogens is 414 g/mol. The Morgan fingerprint density at radius 1 is 1.19 bits per heavy atom. The maximum atomic E-state index is 12.7. The summed E-state index contributed by atoms with van der Waals surface area (Å²) in [6, 6.07) is 7.78. The molecule has 166 valence electrons. The number of ether oxygens (including phenoxy) is 1. The number of nitrogens with one attached hydrogen (secondary N) is 1. The van der Waals surface area contributed by atoms with Crippen LogP contribution >= 0.6 is 11.8 Å². The molecule has 2 aliphatic rings. The fraction of sp³-hybridized carbons (Fsp3) is 0.545. The Hall–Kier alpha value is -2.39. The van der Waals surface area contributed by atoms with Crippen LogP contribution in [0, 0.1) is 5.92 Å². The molecule has 2 aliphatic heterocycles. The van der Waals surface area contributed by atoms with Gasteiger partial charge in [-0.25, -0.2) is 9.97 Å². The number of benzene rings is 1. The van der Waals surface area contributed by atoms with Crippen LogP contribution in [-0.2, 0) is 14.3 Å². The highest BCUT2D eigenvalue weighted by molar-refractivity contribution is 8.00. The van der Waals surface area contributed by atoms with Crippen molar-refractivity contribution in [2.45, 2.75) is 43.2 Å². The molecule has 2 fully saturated rings. The summed E-state index contributed by atoms with van der Waals surface area (Å²) in [5.74, 6) is 0.928. The highest BCUT2D eigenvalue weighted by Crippen LogP contribution is 2.32. The van der Waals surface area contributed by atoms with E-state index in [1.165, 1.54) is 11.8 Å². The molecule has 3 heterocycles. The monoisotopic (exact) mass is 443 g/mol. The number of carbonyl (C=O) groups is 2. The molecule has 1 aromatic heterocycles. The number of amides is 2. The van der Waals surface area contributed by atoms with Crippen LogP contribution in [0.15, 0.2) is 29.3 Å². The Kier molecular flexibility index (Phi) is 6.62. The number of hydrogen-bond acceptors (Lipinski definition) is 7. The van der Waals surface area contributed by atoms with E-state index < -0.39 is 11.4 Å². The number of thioether (sulfide) groups is 1. The topological polar surface area (TPSA) is 110 Å². The molecule has 0 unspecified atom stereocenters. The number of nitrogens with two attached hydrogens (primary N) is 1. The summed E-state index contributed by atoms with van der Waals surface area (Å²) in [4.78, 5) is 36.7. The Morgan fingerprint density at radius 2 is 1.84 bits per heavy atom. The first-order chi connectivity index (χ1) is 15.0. The average molecular weight is 444 g/mol. The number of aromatic nitrogens is 2. The lowest BCUT2D eigenvalue weighted by atomic mass is 9.89. The second-order valence-corrected chi connectivity index (χ2v) is 9.37. The normalized spacial score (nSPS) is 19.3. The van der Waals surface area contributed by atoms with E-state index in [1.54, 1.807) is 0 Å². The SMILES string of the molecule is CC1CCN(c2nc3ccccc3nc2SCC(=O)NC2(C(N)=O)CCOCC2)CC1. The molecule has 0 bridgehead atoms. The van der Waals surface area contributed by atoms with E-state index in [4.69, 9.17) is 20.4 Å². The molecule has 2 amide bonds. The molecule has 0 spiro atoms. The van der Waals surface area contributed by atoms with E-state index in [0.717, 1.165) is 47.8 Å². The minimum absolute atomic E-state index is 0.139. The minimum atomic E-state index is -1.03. The first-order valence-corrected chi connectivity index (χ1v) is 11.8. The molecule has 0 radical (unpaired) electrons. The van der Waals surface area contributed by atoms with Crippen molar-refractivity contribution in [1.82, 2.24) is 15.3 Å². The van der Waals surface area contributed by atoms with Gasteiger partial charge in [-0.05, 0) is 30.9 Å². The summed E-state index contributed by atoms with van der Waals surface area (Å²) in [6.07, 6.45) is 3.02. The van der Waals surface area contributed by atoms with Crippen LogP contribution in [-0.4, -0.2) is 59.4 Å². The maximum absolute atomic E-state index is 12.7. The van der Waals surface area contributed by atoms with Gasteiger partial charge < -0.3 is 20.7 Å². The zero-order valence-electron chi connectivity index (χ0n) is 17.8. The van der Waals surface area contributed by atoms with Gasteiger partial charge in [0.15, 0.2) is 5.82 Å². The van der Waals surface area contributed by atoms with Gasteiger partial charge in [-0.15, -0.1) is 0 Å². The van der Waals surface area contributed by atoms with Gasteiger partial charge >= 0.3 is 0 Å². The Labute approximate surface area is 186 Å². The lowest BCUT2D eigenvalue weighted by Crippen LogP contribution is -2.60. The number of primary amides is 1. The number of piperidine rings is 1. The minimum Gasteiger partial charge on any atom is -0.381 e. The van der Waals surface area contributed by atoms with Crippen molar-refractivity contribution in [3.8, 4) is 0 Å². The number of nitrogens with zero attached hydrogens (tertiary/aromatic N) is 3. The summed E-state index contributed by atoms with van der Waals surface area (Å²) in [6.45, 7) is 4.94. The third kappa shape index (κ3) is 4.93. The van der Waals surface area contributed by atoms with Crippen LogP contribution in [0.3, 0.4) is 0 Å². The molecule has 9 heteroatoms. The van der Waals surface area contributed by atoms with E-state index in [0.29, 0.717) is 32.0 Å². The lowest BCUT2D eigenvalue weighted by Gasteiger charge is -2.35. The Morgan fingerprint density at radius 3 is 2.48 bits per heavy atom. The molecule has 0 saturated carbocycles. The lowest BCUT2D eigenvalue weighted by molar-refractivity contribution is -0.134. The van der Waals surface area contributed by atoms with Crippen molar-refractivity contribution in [3.63, 3.8) is 0 Å². The van der Waals surface area contributed by atoms with Gasteiger partial charge in [0.05, 0.1) is 16.8 Å². The molecule has 0 atom stereocenters. The largest absolute Gasteiger partial charge is 0.381 e. The summed E-state index contributed by atoms with van der Waals surface area (Å²) in [7, 11) is 0. The zero-order valence-corrected chi connectivity index (χ0v) is 18.6. The van der Waals surface area contributed by atoms with Crippen LogP contribution in [0.5, 0.6) is 0 Å². The summed E-state index contributed by atoms with van der Waals surface area (Å²) in [5, 5.41) is 3.61. The van der Waals surface area contributed by atoms with Crippen molar-refractivity contribution < 1.29 is 14.3 Å². The smallest absolute Gasteiger partial charge is 0.243 e. The summed E-state index contributed by atoms with van der Waals surface area (Å²) < 4.78 is 5.33. The fourth-order valence-electron chi connectivity index (χ4n) is 4.09. The first-order valence-electron chi connectivity index (χ1n) is 10.8. The van der Waals surface area contributed by atoms with Crippen LogP contribution in [0.25, 0.3) is 11.0 Å². The number of rotatable bonds is 6. The standard InChI is InChI=1S/C22H29N5O3S/c1-15-6-10-27(11-7-15)19-20(25-17-5-3-2-4-16(17)24-19)31-14-18(28)26-22(21(23)29)8-12-30-13-9-22/h2-5,15H,6-14H2,1H3,(H2,23,29)(H,26,28). The predicted octanol–water partition coefficient (Wildman–Crippen LogP) is 2.11. The van der Waals surface area contributed by atoms with Crippen molar-refractivity contribution >= 4 is 40.4 Å². The zero-order chi connectivity index (χ0) is 21.8. The predicted molar refractivity (Wildman–Crippen MR) is 121 cm³/mol. The molecule has 0 aliphatic carbocycles. The van der Waals surface area contributed by atoms with E-state index in [1.807, 2.05) is 24.3 Å².